The van der Waals surface area contributed by atoms with Crippen LogP contribution in [0.5, 0.6) is 0 Å². The van der Waals surface area contributed by atoms with E-state index >= 15 is 0 Å². The largest absolute Gasteiger partial charge is 0.346 e. The summed E-state index contributed by atoms with van der Waals surface area (Å²) in [5.74, 6) is -0.155. The number of sulfonamides is 1. The highest BCUT2D eigenvalue weighted by Crippen LogP contribution is 2.22. The first-order chi connectivity index (χ1) is 13.4. The third kappa shape index (κ3) is 4.78. The minimum atomic E-state index is -3.67. The third-order valence-electron chi connectivity index (χ3n) is 4.47. The Labute approximate surface area is 169 Å². The van der Waals surface area contributed by atoms with Crippen molar-refractivity contribution in [3.8, 4) is 0 Å². The molecule has 7 nitrogen and oxygen atoms in total. The molecule has 0 atom stereocenters. The van der Waals surface area contributed by atoms with Gasteiger partial charge in [-0.2, -0.15) is 0 Å². The van der Waals surface area contributed by atoms with E-state index < -0.39 is 10.0 Å². The van der Waals surface area contributed by atoms with Gasteiger partial charge < -0.3 is 9.80 Å². The van der Waals surface area contributed by atoms with E-state index in [1.165, 1.54) is 18.2 Å². The number of aryl methyl sites for hydroxylation is 1. The normalized spacial score (nSPS) is 15.3. The fourth-order valence-electron chi connectivity index (χ4n) is 3.03. The summed E-state index contributed by atoms with van der Waals surface area (Å²) in [5, 5.41) is 3.00. The Kier molecular flexibility index (Phi) is 6.48. The molecule has 0 radical (unpaired) electrons. The molecule has 1 saturated heterocycles. The van der Waals surface area contributed by atoms with E-state index in [2.05, 4.69) is 21.2 Å². The smallest absolute Gasteiger partial charge is 0.253 e. The molecule has 3 rings (SSSR count). The maximum atomic E-state index is 13.0. The summed E-state index contributed by atoms with van der Waals surface area (Å²) >= 11 is 1.61. The van der Waals surface area contributed by atoms with Crippen LogP contribution in [0.1, 0.15) is 22.5 Å². The van der Waals surface area contributed by atoms with Gasteiger partial charge in [-0.25, -0.2) is 18.1 Å². The van der Waals surface area contributed by atoms with Crippen LogP contribution in [-0.4, -0.2) is 56.9 Å². The molecule has 0 unspecified atom stereocenters. The van der Waals surface area contributed by atoms with E-state index in [1.807, 2.05) is 12.3 Å². The van der Waals surface area contributed by atoms with Crippen molar-refractivity contribution in [2.24, 2.45) is 0 Å². The highest BCUT2D eigenvalue weighted by molar-refractivity contribution is 7.89. The lowest BCUT2D eigenvalue weighted by atomic mass is 10.2. The van der Waals surface area contributed by atoms with Gasteiger partial charge in [-0.05, 0) is 31.5 Å². The van der Waals surface area contributed by atoms with Crippen molar-refractivity contribution in [2.45, 2.75) is 18.2 Å². The number of carbonyl (C=O) groups excluding carboxylic acids is 1. The van der Waals surface area contributed by atoms with E-state index in [1.54, 1.807) is 28.4 Å². The Morgan fingerprint density at radius 1 is 1.32 bits per heavy atom. The third-order valence-corrected chi connectivity index (χ3v) is 6.91. The highest BCUT2D eigenvalue weighted by Gasteiger charge is 2.23. The lowest BCUT2D eigenvalue weighted by Crippen LogP contribution is -2.35. The molecule has 1 amide bonds. The van der Waals surface area contributed by atoms with Gasteiger partial charge in [-0.3, -0.25) is 4.79 Å². The number of hydrogen-bond donors (Lipinski definition) is 1. The van der Waals surface area contributed by atoms with Crippen LogP contribution in [-0.2, 0) is 10.0 Å². The van der Waals surface area contributed by atoms with Crippen molar-refractivity contribution in [2.75, 3.05) is 37.6 Å². The van der Waals surface area contributed by atoms with Crippen LogP contribution in [0.25, 0.3) is 0 Å². The molecule has 1 fully saturated rings. The molecule has 9 heteroatoms. The molecule has 150 valence electrons. The number of aromatic nitrogens is 1. The molecular weight excluding hydrogens is 396 g/mol. The van der Waals surface area contributed by atoms with E-state index in [0.717, 1.165) is 23.8 Å². The second kappa shape index (κ2) is 8.85. The molecule has 1 aliphatic heterocycles. The van der Waals surface area contributed by atoms with Gasteiger partial charge in [0.05, 0.1) is 10.6 Å². The zero-order valence-electron chi connectivity index (χ0n) is 15.8. The average molecular weight is 421 g/mol. The van der Waals surface area contributed by atoms with Crippen LogP contribution < -0.4 is 9.62 Å². The summed E-state index contributed by atoms with van der Waals surface area (Å²) in [6, 6.07) is 6.16. The van der Waals surface area contributed by atoms with E-state index in [9.17, 15) is 13.2 Å². The number of hydrogen-bond acceptors (Lipinski definition) is 6. The Bertz CT molecular complexity index is 956. The summed E-state index contributed by atoms with van der Waals surface area (Å²) in [6.45, 7) is 8.37. The molecule has 1 aliphatic rings. The molecule has 2 aromatic rings. The Hall–Kier alpha value is -2.23. The predicted octanol–water partition coefficient (Wildman–Crippen LogP) is 2.27. The Morgan fingerprint density at radius 2 is 2.14 bits per heavy atom. The van der Waals surface area contributed by atoms with E-state index in [0.29, 0.717) is 25.2 Å². The first-order valence-corrected chi connectivity index (χ1v) is 11.4. The first kappa shape index (κ1) is 20.5. The summed E-state index contributed by atoms with van der Waals surface area (Å²) in [5.41, 5.74) is 1.38. The van der Waals surface area contributed by atoms with Crippen molar-refractivity contribution in [1.82, 2.24) is 14.6 Å². The average Bonchev–Trinajstić information content (AvgIpc) is 2.98. The van der Waals surface area contributed by atoms with Crippen molar-refractivity contribution < 1.29 is 13.2 Å². The predicted molar refractivity (Wildman–Crippen MR) is 111 cm³/mol. The standard InChI is InChI=1S/C19H24N4O3S2/c1-3-8-20-28(25,26)17-7-4-6-16(13-17)18(24)22-9-5-10-23(12-11-22)19-21-15(2)14-27-19/h3-4,6-7,13-14,20H,1,5,8-12H2,2H3. The summed E-state index contributed by atoms with van der Waals surface area (Å²) < 4.78 is 27.0. The van der Waals surface area contributed by atoms with Gasteiger partial charge in [0, 0.05) is 43.7 Å². The molecular formula is C19H24N4O3S2. The van der Waals surface area contributed by atoms with Gasteiger partial charge in [-0.15, -0.1) is 17.9 Å². The molecule has 1 aromatic heterocycles. The number of amides is 1. The van der Waals surface area contributed by atoms with Crippen LogP contribution in [0.3, 0.4) is 0 Å². The van der Waals surface area contributed by atoms with Crippen molar-refractivity contribution in [3.63, 3.8) is 0 Å². The fourth-order valence-corrected chi connectivity index (χ4v) is 4.93. The van der Waals surface area contributed by atoms with E-state index in [-0.39, 0.29) is 17.3 Å². The Morgan fingerprint density at radius 3 is 2.86 bits per heavy atom. The number of benzene rings is 1. The highest BCUT2D eigenvalue weighted by atomic mass is 32.2. The molecule has 28 heavy (non-hydrogen) atoms. The SMILES string of the molecule is C=CCNS(=O)(=O)c1cccc(C(=O)N2CCCN(c3nc(C)cs3)CC2)c1. The van der Waals surface area contributed by atoms with Crippen LogP contribution in [0.4, 0.5) is 5.13 Å². The Balaban J connectivity index is 1.72. The quantitative estimate of drug-likeness (QED) is 0.725. The number of nitrogens with zero attached hydrogens (tertiary/aromatic N) is 3. The maximum Gasteiger partial charge on any atom is 0.253 e. The minimum absolute atomic E-state index is 0.0786. The van der Waals surface area contributed by atoms with Gasteiger partial charge in [0.15, 0.2) is 5.13 Å². The molecule has 0 bridgehead atoms. The second-order valence-corrected chi connectivity index (χ2v) is 9.18. The topological polar surface area (TPSA) is 82.6 Å². The van der Waals surface area contributed by atoms with Crippen LogP contribution in [0.2, 0.25) is 0 Å². The maximum absolute atomic E-state index is 13.0. The van der Waals surface area contributed by atoms with Crippen LogP contribution in [0.15, 0.2) is 47.2 Å². The molecule has 2 heterocycles. The van der Waals surface area contributed by atoms with Crippen LogP contribution >= 0.6 is 11.3 Å². The zero-order chi connectivity index (χ0) is 20.1. The van der Waals surface area contributed by atoms with Crippen molar-refractivity contribution >= 4 is 32.4 Å². The monoisotopic (exact) mass is 420 g/mol. The molecule has 1 aromatic carbocycles. The second-order valence-electron chi connectivity index (χ2n) is 6.57. The van der Waals surface area contributed by atoms with Gasteiger partial charge in [0.25, 0.3) is 5.91 Å². The zero-order valence-corrected chi connectivity index (χ0v) is 17.4. The number of carbonyl (C=O) groups is 1. The minimum Gasteiger partial charge on any atom is -0.346 e. The first-order valence-electron chi connectivity index (χ1n) is 9.07. The summed E-state index contributed by atoms with van der Waals surface area (Å²) in [7, 11) is -3.67. The van der Waals surface area contributed by atoms with Crippen molar-refractivity contribution in [1.29, 1.82) is 0 Å². The fraction of sp³-hybridized carbons (Fsp3) is 0.368. The summed E-state index contributed by atoms with van der Waals surface area (Å²) in [4.78, 5) is 21.5. The number of thiazole rings is 1. The molecule has 1 N–H and O–H groups in total. The number of nitrogens with one attached hydrogen (secondary N) is 1. The van der Waals surface area contributed by atoms with Gasteiger partial charge in [0.2, 0.25) is 10.0 Å². The van der Waals surface area contributed by atoms with Crippen LogP contribution in [0, 0.1) is 6.92 Å². The number of anilines is 1. The molecule has 0 saturated carbocycles. The van der Waals surface area contributed by atoms with Gasteiger partial charge in [-0.1, -0.05) is 12.1 Å². The lowest BCUT2D eigenvalue weighted by Gasteiger charge is -2.22. The van der Waals surface area contributed by atoms with Crippen molar-refractivity contribution in [3.05, 3.63) is 53.6 Å². The van der Waals surface area contributed by atoms with Gasteiger partial charge >= 0.3 is 0 Å². The summed E-state index contributed by atoms with van der Waals surface area (Å²) in [6.07, 6.45) is 2.31. The lowest BCUT2D eigenvalue weighted by molar-refractivity contribution is 0.0767. The molecule has 0 spiro atoms. The molecule has 0 aliphatic carbocycles. The number of rotatable bonds is 6. The van der Waals surface area contributed by atoms with Gasteiger partial charge in [0.1, 0.15) is 0 Å². The van der Waals surface area contributed by atoms with E-state index in [4.69, 9.17) is 0 Å².